The molecule has 1 aliphatic carbocycles. The molecule has 2 rings (SSSR count). The van der Waals surface area contributed by atoms with Crippen molar-refractivity contribution < 1.29 is 9.53 Å². The molecule has 0 aromatic heterocycles. The van der Waals surface area contributed by atoms with Crippen LogP contribution in [0.2, 0.25) is 5.02 Å². The molecule has 0 heterocycles. The molecule has 20 heavy (non-hydrogen) atoms. The second-order valence-electron chi connectivity index (χ2n) is 5.49. The Labute approximate surface area is 124 Å². The average Bonchev–Trinajstić information content (AvgIpc) is 2.40. The minimum absolute atomic E-state index is 0.0676. The van der Waals surface area contributed by atoms with Crippen molar-refractivity contribution in [1.29, 1.82) is 0 Å². The van der Waals surface area contributed by atoms with Crippen molar-refractivity contribution in [3.05, 3.63) is 23.2 Å². The smallest absolute Gasteiger partial charge is 0.250 e. The number of nitrogen functional groups attached to an aromatic ring is 1. The minimum Gasteiger partial charge on any atom is -0.399 e. The van der Waals surface area contributed by atoms with E-state index >= 15 is 0 Å². The monoisotopic (exact) mass is 296 g/mol. The standard InChI is InChI=1S/C15H21ClN2O2/c1-10-3-2-4-12(7-10)20-9-15(19)18-14-6-5-11(17)8-13(14)16/h5-6,8,10,12H,2-4,7,9,17H2,1H3,(H,18,19). The lowest BCUT2D eigenvalue weighted by atomic mass is 9.89. The second-order valence-corrected chi connectivity index (χ2v) is 5.90. The average molecular weight is 297 g/mol. The summed E-state index contributed by atoms with van der Waals surface area (Å²) in [6.45, 7) is 2.29. The van der Waals surface area contributed by atoms with Crippen LogP contribution in [0.15, 0.2) is 18.2 Å². The fraction of sp³-hybridized carbons (Fsp3) is 0.533. The molecule has 1 fully saturated rings. The van der Waals surface area contributed by atoms with Crippen molar-refractivity contribution in [3.63, 3.8) is 0 Å². The van der Waals surface area contributed by atoms with E-state index in [1.807, 2.05) is 0 Å². The van der Waals surface area contributed by atoms with E-state index in [0.29, 0.717) is 22.3 Å². The van der Waals surface area contributed by atoms with E-state index in [1.165, 1.54) is 12.8 Å². The van der Waals surface area contributed by atoms with Crippen LogP contribution in [-0.2, 0) is 9.53 Å². The summed E-state index contributed by atoms with van der Waals surface area (Å²) in [5, 5.41) is 3.17. The van der Waals surface area contributed by atoms with Gasteiger partial charge in [0.1, 0.15) is 6.61 Å². The first-order valence-corrected chi connectivity index (χ1v) is 7.39. The van der Waals surface area contributed by atoms with Crippen molar-refractivity contribution >= 4 is 28.9 Å². The number of hydrogen-bond acceptors (Lipinski definition) is 3. The number of rotatable bonds is 4. The van der Waals surface area contributed by atoms with Gasteiger partial charge in [0, 0.05) is 5.69 Å². The van der Waals surface area contributed by atoms with Gasteiger partial charge in [-0.15, -0.1) is 0 Å². The molecule has 1 saturated carbocycles. The Morgan fingerprint density at radius 1 is 1.50 bits per heavy atom. The van der Waals surface area contributed by atoms with Crippen molar-refractivity contribution in [1.82, 2.24) is 0 Å². The minimum atomic E-state index is -0.185. The van der Waals surface area contributed by atoms with E-state index in [0.717, 1.165) is 12.8 Å². The van der Waals surface area contributed by atoms with Crippen LogP contribution >= 0.6 is 11.6 Å². The zero-order valence-electron chi connectivity index (χ0n) is 11.7. The van der Waals surface area contributed by atoms with Crippen molar-refractivity contribution in [2.45, 2.75) is 38.7 Å². The summed E-state index contributed by atoms with van der Waals surface area (Å²) in [5.74, 6) is 0.498. The fourth-order valence-corrected chi connectivity index (χ4v) is 2.78. The maximum Gasteiger partial charge on any atom is 0.250 e. The van der Waals surface area contributed by atoms with E-state index in [9.17, 15) is 4.79 Å². The van der Waals surface area contributed by atoms with Gasteiger partial charge in [-0.3, -0.25) is 4.79 Å². The number of nitrogens with two attached hydrogens (primary N) is 1. The first-order valence-electron chi connectivity index (χ1n) is 7.01. The number of hydrogen-bond donors (Lipinski definition) is 2. The molecule has 0 bridgehead atoms. The maximum absolute atomic E-state index is 11.8. The predicted octanol–water partition coefficient (Wildman–Crippen LogP) is 3.46. The number of ether oxygens (including phenoxy) is 1. The first-order chi connectivity index (χ1) is 9.54. The molecule has 3 N–H and O–H groups in total. The van der Waals surface area contributed by atoms with Gasteiger partial charge in [0.15, 0.2) is 0 Å². The van der Waals surface area contributed by atoms with Crippen LogP contribution < -0.4 is 11.1 Å². The van der Waals surface area contributed by atoms with E-state index in [4.69, 9.17) is 22.1 Å². The molecule has 5 heteroatoms. The number of carbonyl (C=O) groups is 1. The normalized spacial score (nSPS) is 22.5. The molecule has 1 aromatic rings. The maximum atomic E-state index is 11.8. The number of anilines is 2. The van der Waals surface area contributed by atoms with Crippen molar-refractivity contribution in [2.75, 3.05) is 17.7 Å². The van der Waals surface area contributed by atoms with Gasteiger partial charge < -0.3 is 15.8 Å². The molecule has 110 valence electrons. The summed E-state index contributed by atoms with van der Waals surface area (Å²) in [7, 11) is 0. The van der Waals surface area contributed by atoms with Gasteiger partial charge in [0.25, 0.3) is 0 Å². The summed E-state index contributed by atoms with van der Waals surface area (Å²) >= 11 is 6.01. The Morgan fingerprint density at radius 3 is 3.00 bits per heavy atom. The summed E-state index contributed by atoms with van der Waals surface area (Å²) in [4.78, 5) is 11.8. The quantitative estimate of drug-likeness (QED) is 0.836. The third-order valence-corrected chi connectivity index (χ3v) is 3.92. The number of benzene rings is 1. The van der Waals surface area contributed by atoms with E-state index in [1.54, 1.807) is 18.2 Å². The highest BCUT2D eigenvalue weighted by atomic mass is 35.5. The third-order valence-electron chi connectivity index (χ3n) is 3.61. The van der Waals surface area contributed by atoms with Crippen LogP contribution in [0.25, 0.3) is 0 Å². The van der Waals surface area contributed by atoms with Crippen LogP contribution in [0.1, 0.15) is 32.6 Å². The zero-order valence-corrected chi connectivity index (χ0v) is 12.5. The van der Waals surface area contributed by atoms with Gasteiger partial charge >= 0.3 is 0 Å². The highest BCUT2D eigenvalue weighted by molar-refractivity contribution is 6.34. The first kappa shape index (κ1) is 15.1. The number of carbonyl (C=O) groups excluding carboxylic acids is 1. The summed E-state index contributed by atoms with van der Waals surface area (Å²) in [6.07, 6.45) is 4.71. The lowest BCUT2D eigenvalue weighted by Crippen LogP contribution is -2.27. The molecule has 1 aromatic carbocycles. The van der Waals surface area contributed by atoms with E-state index < -0.39 is 0 Å². The van der Waals surface area contributed by atoms with Gasteiger partial charge in [-0.05, 0) is 37.0 Å². The van der Waals surface area contributed by atoms with Crippen molar-refractivity contribution in [3.8, 4) is 0 Å². The van der Waals surface area contributed by atoms with Crippen LogP contribution in [0.5, 0.6) is 0 Å². The van der Waals surface area contributed by atoms with Gasteiger partial charge in [0.05, 0.1) is 16.8 Å². The molecular weight excluding hydrogens is 276 g/mol. The number of halogens is 1. The van der Waals surface area contributed by atoms with Crippen LogP contribution in [0, 0.1) is 5.92 Å². The molecular formula is C15H21ClN2O2. The Kier molecular flexibility index (Phi) is 5.26. The van der Waals surface area contributed by atoms with Crippen molar-refractivity contribution in [2.24, 2.45) is 5.92 Å². The Hall–Kier alpha value is -1.26. The molecule has 4 nitrogen and oxygen atoms in total. The summed E-state index contributed by atoms with van der Waals surface area (Å²) < 4.78 is 5.67. The number of nitrogens with one attached hydrogen (secondary N) is 1. The molecule has 0 radical (unpaired) electrons. The zero-order chi connectivity index (χ0) is 14.5. The van der Waals surface area contributed by atoms with Gasteiger partial charge in [-0.25, -0.2) is 0 Å². The van der Waals surface area contributed by atoms with Crippen LogP contribution in [0.3, 0.4) is 0 Å². The fourth-order valence-electron chi connectivity index (χ4n) is 2.54. The molecule has 0 spiro atoms. The molecule has 1 amide bonds. The lowest BCUT2D eigenvalue weighted by molar-refractivity contribution is -0.123. The Morgan fingerprint density at radius 2 is 2.30 bits per heavy atom. The Balaban J connectivity index is 1.80. The Bertz CT molecular complexity index is 479. The predicted molar refractivity (Wildman–Crippen MR) is 81.9 cm³/mol. The van der Waals surface area contributed by atoms with Crippen LogP contribution in [-0.4, -0.2) is 18.6 Å². The van der Waals surface area contributed by atoms with Gasteiger partial charge in [-0.2, -0.15) is 0 Å². The largest absolute Gasteiger partial charge is 0.399 e. The van der Waals surface area contributed by atoms with Gasteiger partial charge in [-0.1, -0.05) is 31.4 Å². The SMILES string of the molecule is CC1CCCC(OCC(=O)Nc2ccc(N)cc2Cl)C1. The third kappa shape index (κ3) is 4.39. The summed E-state index contributed by atoms with van der Waals surface area (Å²) in [5.41, 5.74) is 6.74. The highest BCUT2D eigenvalue weighted by Crippen LogP contribution is 2.26. The topological polar surface area (TPSA) is 64.3 Å². The van der Waals surface area contributed by atoms with Crippen LogP contribution in [0.4, 0.5) is 11.4 Å². The lowest BCUT2D eigenvalue weighted by Gasteiger charge is -2.26. The molecule has 0 saturated heterocycles. The summed E-state index contributed by atoms with van der Waals surface area (Å²) in [6, 6.07) is 5.00. The molecule has 1 aliphatic rings. The molecule has 0 aliphatic heterocycles. The molecule has 2 unspecified atom stereocenters. The molecule has 2 atom stereocenters. The highest BCUT2D eigenvalue weighted by Gasteiger charge is 2.20. The van der Waals surface area contributed by atoms with E-state index in [-0.39, 0.29) is 18.6 Å². The number of amides is 1. The van der Waals surface area contributed by atoms with Gasteiger partial charge in [0.2, 0.25) is 5.91 Å². The second kappa shape index (κ2) is 6.95. The van der Waals surface area contributed by atoms with E-state index in [2.05, 4.69) is 12.2 Å².